The van der Waals surface area contributed by atoms with Gasteiger partial charge in [-0.3, -0.25) is 4.98 Å². The largest absolute Gasteiger partial charge is 0.360 e. The lowest BCUT2D eigenvalue weighted by Gasteiger charge is -2.30. The summed E-state index contributed by atoms with van der Waals surface area (Å²) in [6.07, 6.45) is 6.07. The Bertz CT molecular complexity index is 1820. The van der Waals surface area contributed by atoms with Gasteiger partial charge >= 0.3 is 0 Å². The maximum atomic E-state index is 7.12. The number of pyridine rings is 1. The maximum Gasteiger partial charge on any atom is 0.129 e. The molecule has 2 atom stereocenters. The molecule has 0 saturated heterocycles. The number of benzene rings is 4. The molecule has 182 valence electrons. The monoisotopic (exact) mass is 508 g/mol. The molecule has 1 aromatic heterocycles. The minimum Gasteiger partial charge on any atom is -0.360 e. The van der Waals surface area contributed by atoms with E-state index in [1.54, 1.807) is 11.8 Å². The minimum absolute atomic E-state index is 0.0645. The van der Waals surface area contributed by atoms with Gasteiger partial charge in [-0.25, -0.2) is 0 Å². The van der Waals surface area contributed by atoms with E-state index in [9.17, 15) is 0 Å². The first-order chi connectivity index (χ1) is 18.8. The normalized spacial score (nSPS) is 19.3. The van der Waals surface area contributed by atoms with Crippen molar-refractivity contribution in [1.82, 2.24) is 4.98 Å². The first-order valence-corrected chi connectivity index (χ1v) is 13.6. The highest BCUT2D eigenvalue weighted by atomic mass is 32.2. The molecule has 0 radical (unpaired) electrons. The Morgan fingerprint density at radius 1 is 0.816 bits per heavy atom. The Morgan fingerprint density at radius 2 is 1.63 bits per heavy atom. The number of hydrogen-bond donors (Lipinski definition) is 2. The van der Waals surface area contributed by atoms with E-state index in [-0.39, 0.29) is 12.2 Å². The van der Waals surface area contributed by atoms with Gasteiger partial charge in [-0.2, -0.15) is 0 Å². The van der Waals surface area contributed by atoms with Crippen LogP contribution in [0.2, 0.25) is 0 Å². The molecule has 8 rings (SSSR count). The summed E-state index contributed by atoms with van der Waals surface area (Å²) in [5, 5.41) is 6.27. The maximum absolute atomic E-state index is 7.12. The highest BCUT2D eigenvalue weighted by molar-refractivity contribution is 8.03. The Labute approximate surface area is 225 Å². The van der Waals surface area contributed by atoms with Crippen molar-refractivity contribution >= 4 is 45.2 Å². The minimum atomic E-state index is -0.225. The van der Waals surface area contributed by atoms with Crippen molar-refractivity contribution in [3.63, 3.8) is 0 Å². The quantitative estimate of drug-likeness (QED) is 0.257. The fraction of sp³-hybridized carbons (Fsp3) is 0.0606. The predicted octanol–water partition coefficient (Wildman–Crippen LogP) is 7.58. The van der Waals surface area contributed by atoms with Crippen molar-refractivity contribution in [3.05, 3.63) is 132 Å². The molecular formula is C33H24N4S. The van der Waals surface area contributed by atoms with Crippen LogP contribution in [0.1, 0.15) is 5.56 Å². The van der Waals surface area contributed by atoms with Gasteiger partial charge in [-0.05, 0) is 63.4 Å². The average molecular weight is 509 g/mol. The number of hydrogen-bond acceptors (Lipinski definition) is 5. The third-order valence-electron chi connectivity index (χ3n) is 7.79. The van der Waals surface area contributed by atoms with E-state index >= 15 is 0 Å². The molecule has 2 aliphatic heterocycles. The number of allylic oxidation sites excluding steroid dienone is 1. The molecular weight excluding hydrogens is 484 g/mol. The molecule has 1 unspecified atom stereocenters. The van der Waals surface area contributed by atoms with Gasteiger partial charge in [0.1, 0.15) is 6.17 Å². The zero-order valence-corrected chi connectivity index (χ0v) is 21.3. The fourth-order valence-electron chi connectivity index (χ4n) is 6.04. The van der Waals surface area contributed by atoms with Crippen molar-refractivity contribution in [1.29, 1.82) is 0 Å². The van der Waals surface area contributed by atoms with Crippen LogP contribution in [0, 0.1) is 0 Å². The summed E-state index contributed by atoms with van der Waals surface area (Å²) >= 11 is 1.79. The second kappa shape index (κ2) is 8.35. The van der Waals surface area contributed by atoms with E-state index in [0.717, 1.165) is 28.2 Å². The van der Waals surface area contributed by atoms with E-state index in [2.05, 4.69) is 118 Å². The zero-order chi connectivity index (χ0) is 25.2. The van der Waals surface area contributed by atoms with Crippen molar-refractivity contribution < 1.29 is 0 Å². The number of fused-ring (bicyclic) bond motifs is 7. The Balaban J connectivity index is 1.23. The van der Waals surface area contributed by atoms with Gasteiger partial charge in [0.05, 0.1) is 29.3 Å². The summed E-state index contributed by atoms with van der Waals surface area (Å²) in [4.78, 5) is 9.21. The molecule has 0 amide bonds. The smallest absolute Gasteiger partial charge is 0.129 e. The molecule has 4 aromatic carbocycles. The van der Waals surface area contributed by atoms with Gasteiger partial charge in [0.2, 0.25) is 0 Å². The number of aromatic nitrogens is 1. The second-order valence-electron chi connectivity index (χ2n) is 9.88. The number of para-hydroxylation sites is 2. The summed E-state index contributed by atoms with van der Waals surface area (Å²) in [5.74, 6) is 0. The molecule has 5 aromatic rings. The van der Waals surface area contributed by atoms with Gasteiger partial charge in [0.15, 0.2) is 0 Å². The first-order valence-electron chi connectivity index (χ1n) is 12.8. The number of anilines is 3. The topological polar surface area (TPSA) is 54.2 Å². The first kappa shape index (κ1) is 21.7. The van der Waals surface area contributed by atoms with Crippen LogP contribution < -0.4 is 16.0 Å². The van der Waals surface area contributed by atoms with Gasteiger partial charge in [-0.15, -0.1) is 0 Å². The lowest BCUT2D eigenvalue weighted by molar-refractivity contribution is 0.794. The van der Waals surface area contributed by atoms with Crippen LogP contribution in [0.4, 0.5) is 17.1 Å². The van der Waals surface area contributed by atoms with E-state index in [4.69, 9.17) is 5.73 Å². The van der Waals surface area contributed by atoms with Gasteiger partial charge in [-0.1, -0.05) is 84.6 Å². The van der Waals surface area contributed by atoms with Crippen LogP contribution in [0.5, 0.6) is 0 Å². The lowest BCUT2D eigenvalue weighted by Crippen LogP contribution is -2.40. The van der Waals surface area contributed by atoms with Gasteiger partial charge < -0.3 is 16.0 Å². The zero-order valence-electron chi connectivity index (χ0n) is 20.5. The van der Waals surface area contributed by atoms with Crippen LogP contribution in [0.15, 0.2) is 131 Å². The third-order valence-corrected chi connectivity index (χ3v) is 8.93. The summed E-state index contributed by atoms with van der Waals surface area (Å²) in [5.41, 5.74) is 16.4. The second-order valence-corrected chi connectivity index (χ2v) is 11.0. The van der Waals surface area contributed by atoms with E-state index in [0.29, 0.717) is 0 Å². The van der Waals surface area contributed by atoms with Crippen LogP contribution in [0.25, 0.3) is 27.5 Å². The molecule has 3 heterocycles. The van der Waals surface area contributed by atoms with Crippen LogP contribution in [-0.4, -0.2) is 17.2 Å². The molecule has 0 bridgehead atoms. The van der Waals surface area contributed by atoms with Crippen LogP contribution >= 0.6 is 11.8 Å². The Morgan fingerprint density at radius 3 is 2.61 bits per heavy atom. The molecule has 0 spiro atoms. The molecule has 3 aliphatic rings. The lowest BCUT2D eigenvalue weighted by atomic mass is 9.92. The molecule has 0 saturated carbocycles. The van der Waals surface area contributed by atoms with Crippen molar-refractivity contribution in [3.8, 4) is 11.1 Å². The predicted molar refractivity (Wildman–Crippen MR) is 158 cm³/mol. The fourth-order valence-corrected chi connectivity index (χ4v) is 7.20. The average Bonchev–Trinajstić information content (AvgIpc) is 3.46. The SMILES string of the molecule is N[C@H]1C(c2cccc(-c3cccc4ccccc34)c2)=CC2=C1C1Nc3ccccc3N1c1cnccc1S2. The van der Waals surface area contributed by atoms with Gasteiger partial charge in [0, 0.05) is 21.6 Å². The summed E-state index contributed by atoms with van der Waals surface area (Å²) < 4.78 is 0. The number of nitrogens with one attached hydrogen (secondary N) is 1. The van der Waals surface area contributed by atoms with E-state index in [1.807, 2.05) is 12.4 Å². The van der Waals surface area contributed by atoms with Crippen LogP contribution in [0.3, 0.4) is 0 Å². The van der Waals surface area contributed by atoms with Crippen molar-refractivity contribution in [2.45, 2.75) is 17.1 Å². The van der Waals surface area contributed by atoms with E-state index < -0.39 is 0 Å². The molecule has 3 N–H and O–H groups in total. The van der Waals surface area contributed by atoms with Crippen molar-refractivity contribution in [2.75, 3.05) is 10.2 Å². The molecule has 0 fully saturated rings. The van der Waals surface area contributed by atoms with Crippen molar-refractivity contribution in [2.24, 2.45) is 5.73 Å². The third kappa shape index (κ3) is 3.19. The summed E-state index contributed by atoms with van der Waals surface area (Å²) in [7, 11) is 0. The number of nitrogens with zero attached hydrogens (tertiary/aromatic N) is 2. The molecule has 5 heteroatoms. The van der Waals surface area contributed by atoms with E-state index in [1.165, 1.54) is 37.3 Å². The summed E-state index contributed by atoms with van der Waals surface area (Å²) in [6.45, 7) is 0. The molecule has 4 nitrogen and oxygen atoms in total. The Hall–Kier alpha value is -4.32. The van der Waals surface area contributed by atoms with Gasteiger partial charge in [0.25, 0.3) is 0 Å². The highest BCUT2D eigenvalue weighted by Crippen LogP contribution is 2.53. The molecule has 38 heavy (non-hydrogen) atoms. The summed E-state index contributed by atoms with van der Waals surface area (Å²) in [6, 6.07) is 34.2. The molecule has 1 aliphatic carbocycles. The Kier molecular flexibility index (Phi) is 4.78. The highest BCUT2D eigenvalue weighted by Gasteiger charge is 2.42. The number of thioether (sulfide) groups is 1. The van der Waals surface area contributed by atoms with Crippen LogP contribution in [-0.2, 0) is 0 Å². The standard InChI is InChI=1S/C33H24N4S/c34-32-25(22-10-5-9-21(17-22)24-12-6-8-20-7-1-2-11-23(20)24)18-30-31(32)33-36-26-13-3-4-14-27(26)37(33)28-19-35-16-15-29(28)38-30/h1-19,32-33,36H,34H2/t32-,33?/m0/s1. The number of rotatable bonds is 2. The number of nitrogens with two attached hydrogens (primary N) is 1.